The van der Waals surface area contributed by atoms with Crippen LogP contribution >= 0.6 is 0 Å². The molecule has 0 saturated carbocycles. The third-order valence-corrected chi connectivity index (χ3v) is 4.23. The van der Waals surface area contributed by atoms with E-state index in [0.29, 0.717) is 17.1 Å². The van der Waals surface area contributed by atoms with Crippen LogP contribution in [0, 0.1) is 0 Å². The topological polar surface area (TPSA) is 47.9 Å². The Hall–Kier alpha value is -3.40. The Labute approximate surface area is 151 Å². The third-order valence-electron chi connectivity index (χ3n) is 4.23. The first-order valence-electron chi connectivity index (χ1n) is 8.38. The molecule has 0 atom stereocenters. The van der Waals surface area contributed by atoms with Gasteiger partial charge in [-0.3, -0.25) is 9.79 Å². The van der Waals surface area contributed by atoms with Gasteiger partial charge in [-0.25, -0.2) is 0 Å². The van der Waals surface area contributed by atoms with E-state index in [0.717, 1.165) is 11.1 Å². The maximum absolute atomic E-state index is 12.6. The molecule has 0 unspecified atom stereocenters. The Bertz CT molecular complexity index is 897. The van der Waals surface area contributed by atoms with Crippen molar-refractivity contribution < 1.29 is 14.3 Å². The van der Waals surface area contributed by atoms with Crippen LogP contribution in [0.25, 0.3) is 0 Å². The molecule has 4 rings (SSSR count). The van der Waals surface area contributed by atoms with Gasteiger partial charge in [-0.05, 0) is 29.3 Å². The molecule has 1 aliphatic heterocycles. The summed E-state index contributed by atoms with van der Waals surface area (Å²) in [6, 6.07) is 24.8. The largest absolute Gasteiger partial charge is 0.454 e. The number of ether oxygens (including phenoxy) is 2. The van der Waals surface area contributed by atoms with E-state index in [1.54, 1.807) is 18.2 Å². The normalized spacial score (nSPS) is 12.7. The highest BCUT2D eigenvalue weighted by Gasteiger charge is 2.16. The number of ketones is 1. The van der Waals surface area contributed by atoms with Gasteiger partial charge in [0.2, 0.25) is 12.6 Å². The lowest BCUT2D eigenvalue weighted by atomic mass is 9.99. The van der Waals surface area contributed by atoms with E-state index < -0.39 is 0 Å². The average molecular weight is 343 g/mol. The summed E-state index contributed by atoms with van der Waals surface area (Å²) < 4.78 is 10.6. The zero-order valence-corrected chi connectivity index (χ0v) is 14.0. The summed E-state index contributed by atoms with van der Waals surface area (Å²) in [6.07, 6.45) is 1.39. The van der Waals surface area contributed by atoms with Crippen molar-refractivity contribution in [2.45, 2.75) is 6.04 Å². The molecular weight excluding hydrogens is 326 g/mol. The van der Waals surface area contributed by atoms with E-state index in [1.165, 1.54) is 6.21 Å². The fourth-order valence-electron chi connectivity index (χ4n) is 2.90. The zero-order valence-electron chi connectivity index (χ0n) is 14.0. The molecule has 0 radical (unpaired) electrons. The molecule has 0 spiro atoms. The highest BCUT2D eigenvalue weighted by molar-refractivity contribution is 6.35. The van der Waals surface area contributed by atoms with Crippen molar-refractivity contribution in [1.29, 1.82) is 0 Å². The second-order valence-electron chi connectivity index (χ2n) is 5.93. The summed E-state index contributed by atoms with van der Waals surface area (Å²) in [5, 5.41) is 0. The quantitative estimate of drug-likeness (QED) is 0.508. The zero-order chi connectivity index (χ0) is 17.8. The number of carbonyl (C=O) groups excluding carboxylic acids is 1. The lowest BCUT2D eigenvalue weighted by molar-refractivity contribution is 0.107. The molecule has 3 aromatic carbocycles. The Morgan fingerprint density at radius 1 is 0.846 bits per heavy atom. The summed E-state index contributed by atoms with van der Waals surface area (Å²) in [6.45, 7) is 0.186. The number of aliphatic imine (C=N–C) groups is 1. The molecule has 128 valence electrons. The molecule has 0 bridgehead atoms. The van der Waals surface area contributed by atoms with E-state index in [1.807, 2.05) is 60.7 Å². The summed E-state index contributed by atoms with van der Waals surface area (Å²) >= 11 is 0. The number of carbonyl (C=O) groups is 1. The van der Waals surface area contributed by atoms with Crippen molar-refractivity contribution in [2.24, 2.45) is 4.99 Å². The summed E-state index contributed by atoms with van der Waals surface area (Å²) in [5.74, 6) is 1.08. The van der Waals surface area contributed by atoms with Crippen molar-refractivity contribution in [3.63, 3.8) is 0 Å². The van der Waals surface area contributed by atoms with Gasteiger partial charge in [-0.2, -0.15) is 0 Å². The van der Waals surface area contributed by atoms with Crippen LogP contribution in [0.3, 0.4) is 0 Å². The molecule has 1 heterocycles. The van der Waals surface area contributed by atoms with Crippen molar-refractivity contribution in [3.8, 4) is 11.5 Å². The standard InChI is InChI=1S/C22H17NO3/c24-19(18-11-12-20-21(13-18)26-15-25-20)14-23-22(16-7-3-1-4-8-16)17-9-5-2-6-10-17/h1-14,22H,15H2. The van der Waals surface area contributed by atoms with Crippen molar-refractivity contribution in [2.75, 3.05) is 6.79 Å². The fraction of sp³-hybridized carbons (Fsp3) is 0.0909. The van der Waals surface area contributed by atoms with Crippen LogP contribution in [-0.4, -0.2) is 18.8 Å². The van der Waals surface area contributed by atoms with Gasteiger partial charge in [0, 0.05) is 5.56 Å². The molecular formula is C22H17NO3. The van der Waals surface area contributed by atoms with Crippen molar-refractivity contribution in [3.05, 3.63) is 95.6 Å². The monoisotopic (exact) mass is 343 g/mol. The van der Waals surface area contributed by atoms with E-state index in [9.17, 15) is 4.79 Å². The summed E-state index contributed by atoms with van der Waals surface area (Å²) in [7, 11) is 0. The molecule has 1 aliphatic rings. The third kappa shape index (κ3) is 3.35. The number of hydrogen-bond acceptors (Lipinski definition) is 4. The molecule has 0 N–H and O–H groups in total. The Kier molecular flexibility index (Phi) is 4.48. The van der Waals surface area contributed by atoms with Crippen molar-refractivity contribution >= 4 is 12.0 Å². The average Bonchev–Trinajstić information content (AvgIpc) is 3.17. The molecule has 0 amide bonds. The van der Waals surface area contributed by atoms with Gasteiger partial charge in [-0.1, -0.05) is 60.7 Å². The molecule has 4 heteroatoms. The van der Waals surface area contributed by atoms with Crippen LogP contribution in [-0.2, 0) is 0 Å². The summed E-state index contributed by atoms with van der Waals surface area (Å²) in [4.78, 5) is 17.2. The number of fused-ring (bicyclic) bond motifs is 1. The van der Waals surface area contributed by atoms with Gasteiger partial charge in [0.05, 0.1) is 6.21 Å². The van der Waals surface area contributed by atoms with Gasteiger partial charge < -0.3 is 9.47 Å². The van der Waals surface area contributed by atoms with Crippen molar-refractivity contribution in [1.82, 2.24) is 0 Å². The molecule has 26 heavy (non-hydrogen) atoms. The molecule has 0 fully saturated rings. The van der Waals surface area contributed by atoms with Crippen LogP contribution < -0.4 is 9.47 Å². The van der Waals surface area contributed by atoms with Crippen LogP contribution in [0.15, 0.2) is 83.9 Å². The lowest BCUT2D eigenvalue weighted by Crippen LogP contribution is -2.04. The van der Waals surface area contributed by atoms with E-state index in [-0.39, 0.29) is 18.6 Å². The van der Waals surface area contributed by atoms with Gasteiger partial charge in [-0.15, -0.1) is 0 Å². The SMILES string of the molecule is O=C(C=NC(c1ccccc1)c1ccccc1)c1ccc2c(c1)OCO2. The number of nitrogens with zero attached hydrogens (tertiary/aromatic N) is 1. The van der Waals surface area contributed by atoms with E-state index in [2.05, 4.69) is 4.99 Å². The second kappa shape index (κ2) is 7.23. The lowest BCUT2D eigenvalue weighted by Gasteiger charge is -2.13. The molecule has 3 aromatic rings. The van der Waals surface area contributed by atoms with Gasteiger partial charge in [0.25, 0.3) is 0 Å². The van der Waals surface area contributed by atoms with Gasteiger partial charge in [0.15, 0.2) is 11.5 Å². The van der Waals surface area contributed by atoms with E-state index in [4.69, 9.17) is 9.47 Å². The summed E-state index contributed by atoms with van der Waals surface area (Å²) in [5.41, 5.74) is 2.60. The highest BCUT2D eigenvalue weighted by Crippen LogP contribution is 2.32. The smallest absolute Gasteiger partial charge is 0.231 e. The fourth-order valence-corrected chi connectivity index (χ4v) is 2.90. The second-order valence-corrected chi connectivity index (χ2v) is 5.93. The highest BCUT2D eigenvalue weighted by atomic mass is 16.7. The number of hydrogen-bond donors (Lipinski definition) is 0. The van der Waals surface area contributed by atoms with Crippen LogP contribution in [0.2, 0.25) is 0 Å². The maximum atomic E-state index is 12.6. The van der Waals surface area contributed by atoms with Crippen LogP contribution in [0.1, 0.15) is 27.5 Å². The number of Topliss-reactive ketones (excluding diaryl/α,β-unsaturated/α-hetero) is 1. The first-order valence-corrected chi connectivity index (χ1v) is 8.38. The first-order chi connectivity index (χ1) is 12.8. The van der Waals surface area contributed by atoms with Crippen LogP contribution in [0.4, 0.5) is 0 Å². The molecule has 0 aromatic heterocycles. The Morgan fingerprint density at radius 3 is 2.12 bits per heavy atom. The predicted octanol–water partition coefficient (Wildman–Crippen LogP) is 4.46. The van der Waals surface area contributed by atoms with E-state index >= 15 is 0 Å². The first kappa shape index (κ1) is 16.1. The minimum atomic E-state index is -0.227. The Morgan fingerprint density at radius 2 is 1.46 bits per heavy atom. The molecule has 4 nitrogen and oxygen atoms in total. The predicted molar refractivity (Wildman–Crippen MR) is 100 cm³/mol. The van der Waals surface area contributed by atoms with Gasteiger partial charge in [0.1, 0.15) is 6.04 Å². The minimum absolute atomic E-state index is 0.167. The maximum Gasteiger partial charge on any atom is 0.231 e. The number of benzene rings is 3. The molecule has 0 saturated heterocycles. The van der Waals surface area contributed by atoms with Crippen LogP contribution in [0.5, 0.6) is 11.5 Å². The minimum Gasteiger partial charge on any atom is -0.454 e. The number of rotatable bonds is 5. The molecule has 0 aliphatic carbocycles. The van der Waals surface area contributed by atoms with Gasteiger partial charge >= 0.3 is 0 Å². The Balaban J connectivity index is 1.62.